The van der Waals surface area contributed by atoms with Crippen LogP contribution in [-0.4, -0.2) is 31.4 Å². The molecule has 1 aliphatic rings. The molecule has 0 bridgehead atoms. The van der Waals surface area contributed by atoms with E-state index >= 15 is 0 Å². The number of rotatable bonds is 6. The van der Waals surface area contributed by atoms with Crippen molar-refractivity contribution in [3.63, 3.8) is 0 Å². The molecule has 0 radical (unpaired) electrons. The molecule has 3 rings (SSSR count). The Labute approximate surface area is 134 Å². The Bertz CT molecular complexity index is 770. The SMILES string of the molecule is O=S(=O)(Cc1ccccc1F)Nc1ccnn1C[C@@H]1CCOC1. The van der Waals surface area contributed by atoms with Gasteiger partial charge in [-0.15, -0.1) is 0 Å². The highest BCUT2D eigenvalue weighted by Gasteiger charge is 2.20. The zero-order valence-corrected chi connectivity index (χ0v) is 13.3. The minimum absolute atomic E-state index is 0.134. The van der Waals surface area contributed by atoms with E-state index in [1.54, 1.807) is 16.8 Å². The summed E-state index contributed by atoms with van der Waals surface area (Å²) in [5, 5.41) is 4.15. The molecule has 0 aliphatic carbocycles. The molecular weight excluding hydrogens is 321 g/mol. The second-order valence-corrected chi connectivity index (χ2v) is 7.30. The second-order valence-electron chi connectivity index (χ2n) is 5.58. The fourth-order valence-corrected chi connectivity index (χ4v) is 3.76. The lowest BCUT2D eigenvalue weighted by Gasteiger charge is -2.13. The molecule has 1 saturated heterocycles. The maximum absolute atomic E-state index is 13.6. The van der Waals surface area contributed by atoms with Crippen LogP contribution in [0.15, 0.2) is 36.5 Å². The van der Waals surface area contributed by atoms with Crippen LogP contribution >= 0.6 is 0 Å². The summed E-state index contributed by atoms with van der Waals surface area (Å²) in [5.74, 6) is -0.246. The molecule has 0 unspecified atom stereocenters. The van der Waals surface area contributed by atoms with Gasteiger partial charge in [-0.2, -0.15) is 5.10 Å². The summed E-state index contributed by atoms with van der Waals surface area (Å²) < 4.78 is 47.6. The van der Waals surface area contributed by atoms with Gasteiger partial charge in [0.05, 0.1) is 18.6 Å². The van der Waals surface area contributed by atoms with Crippen LogP contribution in [0.2, 0.25) is 0 Å². The van der Waals surface area contributed by atoms with Gasteiger partial charge in [-0.25, -0.2) is 17.5 Å². The van der Waals surface area contributed by atoms with Gasteiger partial charge < -0.3 is 4.74 Å². The lowest BCUT2D eigenvalue weighted by atomic mass is 10.1. The summed E-state index contributed by atoms with van der Waals surface area (Å²) in [6, 6.07) is 7.43. The third kappa shape index (κ3) is 4.08. The van der Waals surface area contributed by atoms with Crippen LogP contribution in [-0.2, 0) is 27.1 Å². The number of nitrogens with zero attached hydrogens (tertiary/aromatic N) is 2. The van der Waals surface area contributed by atoms with E-state index in [-0.39, 0.29) is 5.56 Å². The molecule has 0 spiro atoms. The van der Waals surface area contributed by atoms with E-state index in [0.29, 0.717) is 24.9 Å². The summed E-state index contributed by atoms with van der Waals surface area (Å²) in [6.45, 7) is 1.96. The minimum atomic E-state index is -3.72. The van der Waals surface area contributed by atoms with Crippen molar-refractivity contribution >= 4 is 15.8 Å². The predicted molar refractivity (Wildman–Crippen MR) is 83.8 cm³/mol. The maximum Gasteiger partial charge on any atom is 0.238 e. The molecule has 2 heterocycles. The number of anilines is 1. The van der Waals surface area contributed by atoms with E-state index in [9.17, 15) is 12.8 Å². The maximum atomic E-state index is 13.6. The van der Waals surface area contributed by atoms with Crippen molar-refractivity contribution in [3.8, 4) is 0 Å². The van der Waals surface area contributed by atoms with Gasteiger partial charge in [0, 0.05) is 30.7 Å². The summed E-state index contributed by atoms with van der Waals surface area (Å²) in [5.41, 5.74) is 0.134. The van der Waals surface area contributed by atoms with Crippen LogP contribution in [0, 0.1) is 11.7 Å². The van der Waals surface area contributed by atoms with Crippen molar-refractivity contribution in [2.24, 2.45) is 5.92 Å². The first-order valence-corrected chi connectivity index (χ1v) is 9.02. The zero-order chi connectivity index (χ0) is 16.3. The van der Waals surface area contributed by atoms with Crippen molar-refractivity contribution in [2.75, 3.05) is 17.9 Å². The zero-order valence-electron chi connectivity index (χ0n) is 12.5. The molecule has 6 nitrogen and oxygen atoms in total. The standard InChI is InChI=1S/C15H18FN3O3S/c16-14-4-2-1-3-13(14)11-23(20,21)18-15-5-7-17-19(15)9-12-6-8-22-10-12/h1-5,7,12,18H,6,8-11H2/t12-/m0/s1. The van der Waals surface area contributed by atoms with Crippen molar-refractivity contribution in [3.05, 3.63) is 47.9 Å². The lowest BCUT2D eigenvalue weighted by molar-refractivity contribution is 0.181. The fourth-order valence-electron chi connectivity index (χ4n) is 2.55. The Hall–Kier alpha value is -1.93. The van der Waals surface area contributed by atoms with Crippen molar-refractivity contribution in [1.82, 2.24) is 9.78 Å². The van der Waals surface area contributed by atoms with E-state index < -0.39 is 21.6 Å². The Balaban J connectivity index is 1.71. The number of hydrogen-bond donors (Lipinski definition) is 1. The van der Waals surface area contributed by atoms with Crippen molar-refractivity contribution in [1.29, 1.82) is 0 Å². The molecule has 1 aromatic carbocycles. The van der Waals surface area contributed by atoms with E-state index in [1.807, 2.05) is 0 Å². The molecule has 1 aliphatic heterocycles. The third-order valence-electron chi connectivity index (χ3n) is 3.74. The van der Waals surface area contributed by atoms with Crippen LogP contribution in [0.25, 0.3) is 0 Å². The number of benzene rings is 1. The Morgan fingerprint density at radius 1 is 1.35 bits per heavy atom. The van der Waals surface area contributed by atoms with Gasteiger partial charge in [-0.3, -0.25) is 4.72 Å². The number of ether oxygens (including phenoxy) is 1. The second kappa shape index (κ2) is 6.67. The smallest absolute Gasteiger partial charge is 0.238 e. The van der Waals surface area contributed by atoms with Gasteiger partial charge in [-0.1, -0.05) is 18.2 Å². The number of nitrogens with one attached hydrogen (secondary N) is 1. The molecule has 1 N–H and O–H groups in total. The highest BCUT2D eigenvalue weighted by molar-refractivity contribution is 7.91. The largest absolute Gasteiger partial charge is 0.381 e. The normalized spacial score (nSPS) is 18.2. The van der Waals surface area contributed by atoms with E-state index in [4.69, 9.17) is 4.74 Å². The van der Waals surface area contributed by atoms with Crippen LogP contribution in [0.3, 0.4) is 0 Å². The molecule has 8 heteroatoms. The van der Waals surface area contributed by atoms with Crippen LogP contribution in [0.5, 0.6) is 0 Å². The van der Waals surface area contributed by atoms with Crippen LogP contribution < -0.4 is 4.72 Å². The number of halogens is 1. The summed E-state index contributed by atoms with van der Waals surface area (Å²) in [4.78, 5) is 0. The van der Waals surface area contributed by atoms with Gasteiger partial charge in [0.15, 0.2) is 0 Å². The number of sulfonamides is 1. The molecule has 1 aromatic heterocycles. The predicted octanol–water partition coefficient (Wildman–Crippen LogP) is 2.00. The van der Waals surface area contributed by atoms with Crippen molar-refractivity contribution < 1.29 is 17.5 Å². The van der Waals surface area contributed by atoms with Crippen LogP contribution in [0.4, 0.5) is 10.2 Å². The average Bonchev–Trinajstić information content (AvgIpc) is 3.14. The molecule has 0 amide bonds. The van der Waals surface area contributed by atoms with Gasteiger partial charge in [0.1, 0.15) is 11.6 Å². The first-order valence-electron chi connectivity index (χ1n) is 7.37. The molecule has 0 saturated carbocycles. The summed E-state index contributed by atoms with van der Waals surface area (Å²) in [7, 11) is -3.72. The lowest BCUT2D eigenvalue weighted by Crippen LogP contribution is -2.20. The average molecular weight is 339 g/mol. The number of aromatic nitrogens is 2. The molecule has 124 valence electrons. The van der Waals surface area contributed by atoms with Gasteiger partial charge in [-0.05, 0) is 12.5 Å². The first-order chi connectivity index (χ1) is 11.0. The van der Waals surface area contributed by atoms with Crippen molar-refractivity contribution in [2.45, 2.75) is 18.7 Å². The highest BCUT2D eigenvalue weighted by Crippen LogP contribution is 2.19. The van der Waals surface area contributed by atoms with E-state index in [0.717, 1.165) is 13.0 Å². The monoisotopic (exact) mass is 339 g/mol. The molecule has 1 fully saturated rings. The Morgan fingerprint density at radius 2 is 2.17 bits per heavy atom. The fraction of sp³-hybridized carbons (Fsp3) is 0.400. The van der Waals surface area contributed by atoms with Gasteiger partial charge >= 0.3 is 0 Å². The third-order valence-corrected chi connectivity index (χ3v) is 4.95. The quantitative estimate of drug-likeness (QED) is 0.874. The molecule has 1 atom stereocenters. The molecular formula is C15H18FN3O3S. The number of hydrogen-bond acceptors (Lipinski definition) is 4. The Morgan fingerprint density at radius 3 is 2.91 bits per heavy atom. The van der Waals surface area contributed by atoms with Gasteiger partial charge in [0.25, 0.3) is 0 Å². The topological polar surface area (TPSA) is 73.2 Å². The summed E-state index contributed by atoms with van der Waals surface area (Å²) >= 11 is 0. The molecule has 23 heavy (non-hydrogen) atoms. The van der Waals surface area contributed by atoms with Crippen LogP contribution in [0.1, 0.15) is 12.0 Å². The summed E-state index contributed by atoms with van der Waals surface area (Å²) in [6.07, 6.45) is 2.47. The minimum Gasteiger partial charge on any atom is -0.381 e. The first kappa shape index (κ1) is 15.9. The molecule has 2 aromatic rings. The Kier molecular flexibility index (Phi) is 4.63. The van der Waals surface area contributed by atoms with E-state index in [2.05, 4.69) is 9.82 Å². The van der Waals surface area contributed by atoms with Gasteiger partial charge in [0.2, 0.25) is 10.0 Å². The van der Waals surface area contributed by atoms with E-state index in [1.165, 1.54) is 24.4 Å². The highest BCUT2D eigenvalue weighted by atomic mass is 32.2.